The number of nitrogens with zero attached hydrogens (tertiary/aromatic N) is 1. The van der Waals surface area contributed by atoms with Crippen LogP contribution < -0.4 is 4.74 Å². The van der Waals surface area contributed by atoms with Gasteiger partial charge in [-0.15, -0.1) is 0 Å². The van der Waals surface area contributed by atoms with Crippen molar-refractivity contribution in [2.45, 2.75) is 77.9 Å². The van der Waals surface area contributed by atoms with Crippen LogP contribution in [0.1, 0.15) is 58.9 Å². The van der Waals surface area contributed by atoms with Crippen LogP contribution in [-0.4, -0.2) is 66.5 Å². The van der Waals surface area contributed by atoms with Crippen LogP contribution >= 0.6 is 0 Å². The molecule has 2 atom stereocenters. The molecule has 33 heavy (non-hydrogen) atoms. The van der Waals surface area contributed by atoms with Crippen LogP contribution in [0.3, 0.4) is 0 Å². The monoisotopic (exact) mass is 473 g/mol. The Hall–Kier alpha value is -2.42. The van der Waals surface area contributed by atoms with Crippen molar-refractivity contribution in [3.63, 3.8) is 0 Å². The average molecular weight is 474 g/mol. The molecule has 0 saturated carbocycles. The first-order chi connectivity index (χ1) is 15.6. The standard InChI is InChI=1S/C24H37F2NO6/c1-5-18(3)33-23(30)27(14-8-7-13-24(4,25)26)15-16-32-20-11-9-19(10-12-20)17-21(22(28)29)31-6-2/h9-12,18,21H,5-8,13-17H2,1-4H3,(H,28,29). The predicted molar refractivity (Wildman–Crippen MR) is 121 cm³/mol. The van der Waals surface area contributed by atoms with Gasteiger partial charge >= 0.3 is 12.1 Å². The Morgan fingerprint density at radius 1 is 1.12 bits per heavy atom. The van der Waals surface area contributed by atoms with Crippen LogP contribution in [0.15, 0.2) is 24.3 Å². The van der Waals surface area contributed by atoms with Gasteiger partial charge in [0.25, 0.3) is 0 Å². The second kappa shape index (κ2) is 14.7. The number of unbranched alkanes of at least 4 members (excludes halogenated alkanes) is 1. The van der Waals surface area contributed by atoms with Gasteiger partial charge in [-0.2, -0.15) is 0 Å². The highest BCUT2D eigenvalue weighted by atomic mass is 19.3. The molecule has 1 rings (SSSR count). The van der Waals surface area contributed by atoms with Crippen LogP contribution in [0.25, 0.3) is 0 Å². The van der Waals surface area contributed by atoms with E-state index in [1.54, 1.807) is 38.1 Å². The van der Waals surface area contributed by atoms with Crippen molar-refractivity contribution < 1.29 is 37.7 Å². The summed E-state index contributed by atoms with van der Waals surface area (Å²) >= 11 is 0. The quantitative estimate of drug-likeness (QED) is 0.334. The first-order valence-corrected chi connectivity index (χ1v) is 11.4. The molecule has 0 fully saturated rings. The van der Waals surface area contributed by atoms with Gasteiger partial charge in [0.15, 0.2) is 6.10 Å². The van der Waals surface area contributed by atoms with Crippen molar-refractivity contribution in [1.29, 1.82) is 0 Å². The number of carboxylic acids is 1. The Morgan fingerprint density at radius 3 is 2.33 bits per heavy atom. The lowest BCUT2D eigenvalue weighted by Crippen LogP contribution is -2.37. The summed E-state index contributed by atoms with van der Waals surface area (Å²) in [5.74, 6) is -3.16. The van der Waals surface area contributed by atoms with E-state index in [1.807, 2.05) is 6.92 Å². The maximum absolute atomic E-state index is 13.0. The number of hydrogen-bond acceptors (Lipinski definition) is 5. The Labute approximate surface area is 195 Å². The van der Waals surface area contributed by atoms with Crippen molar-refractivity contribution in [3.05, 3.63) is 29.8 Å². The SMILES string of the molecule is CCOC(Cc1ccc(OCCN(CCCCC(C)(F)F)C(=O)OC(C)CC)cc1)C(=O)O. The van der Waals surface area contributed by atoms with E-state index in [2.05, 4.69) is 0 Å². The molecule has 188 valence electrons. The lowest BCUT2D eigenvalue weighted by Gasteiger charge is -2.24. The predicted octanol–water partition coefficient (Wildman–Crippen LogP) is 5.16. The van der Waals surface area contributed by atoms with E-state index < -0.39 is 24.1 Å². The first kappa shape index (κ1) is 28.6. The van der Waals surface area contributed by atoms with Gasteiger partial charge in [0.05, 0.1) is 6.54 Å². The second-order valence-electron chi connectivity index (χ2n) is 8.10. The number of ether oxygens (including phenoxy) is 3. The van der Waals surface area contributed by atoms with Gasteiger partial charge < -0.3 is 24.2 Å². The summed E-state index contributed by atoms with van der Waals surface area (Å²) in [7, 11) is 0. The maximum Gasteiger partial charge on any atom is 0.410 e. The van der Waals surface area contributed by atoms with Gasteiger partial charge in [-0.1, -0.05) is 19.1 Å². The fourth-order valence-electron chi connectivity index (χ4n) is 2.99. The Kier molecular flexibility index (Phi) is 12.7. The number of hydrogen-bond donors (Lipinski definition) is 1. The molecule has 0 heterocycles. The smallest absolute Gasteiger partial charge is 0.410 e. The van der Waals surface area contributed by atoms with E-state index in [0.717, 1.165) is 12.5 Å². The number of alkyl halides is 2. The summed E-state index contributed by atoms with van der Waals surface area (Å²) in [6, 6.07) is 6.99. The molecule has 0 bridgehead atoms. The zero-order valence-electron chi connectivity index (χ0n) is 20.0. The Morgan fingerprint density at radius 2 is 1.79 bits per heavy atom. The lowest BCUT2D eigenvalue weighted by atomic mass is 10.1. The molecule has 2 unspecified atom stereocenters. The third-order valence-corrected chi connectivity index (χ3v) is 5.05. The number of carbonyl (C=O) groups is 2. The lowest BCUT2D eigenvalue weighted by molar-refractivity contribution is -0.149. The molecule has 1 aromatic rings. The molecule has 0 saturated heterocycles. The van der Waals surface area contributed by atoms with E-state index in [1.165, 1.54) is 4.90 Å². The minimum Gasteiger partial charge on any atom is -0.492 e. The van der Waals surface area contributed by atoms with E-state index in [-0.39, 0.29) is 32.1 Å². The number of benzene rings is 1. The van der Waals surface area contributed by atoms with Crippen LogP contribution in [-0.2, 0) is 20.7 Å². The van der Waals surface area contributed by atoms with Gasteiger partial charge in [0.1, 0.15) is 18.5 Å². The van der Waals surface area contributed by atoms with Gasteiger partial charge in [0.2, 0.25) is 5.92 Å². The molecule has 7 nitrogen and oxygen atoms in total. The van der Waals surface area contributed by atoms with Gasteiger partial charge in [0, 0.05) is 26.0 Å². The highest BCUT2D eigenvalue weighted by Crippen LogP contribution is 2.20. The largest absolute Gasteiger partial charge is 0.492 e. The highest BCUT2D eigenvalue weighted by Gasteiger charge is 2.22. The molecule has 0 aromatic heterocycles. The average Bonchev–Trinajstić information content (AvgIpc) is 2.75. The molecule has 0 radical (unpaired) electrons. The number of carboxylic acid groups (broad SMARTS) is 1. The minimum atomic E-state index is -2.72. The molecule has 1 aromatic carbocycles. The number of amides is 1. The van der Waals surface area contributed by atoms with Crippen molar-refractivity contribution in [3.8, 4) is 5.75 Å². The van der Waals surface area contributed by atoms with Gasteiger partial charge in [-0.05, 0) is 57.7 Å². The van der Waals surface area contributed by atoms with Gasteiger partial charge in [-0.3, -0.25) is 0 Å². The Bertz CT molecular complexity index is 708. The van der Waals surface area contributed by atoms with E-state index in [4.69, 9.17) is 14.2 Å². The zero-order valence-corrected chi connectivity index (χ0v) is 20.0. The molecule has 1 amide bonds. The number of aliphatic carboxylic acids is 1. The summed E-state index contributed by atoms with van der Waals surface area (Å²) < 4.78 is 42.4. The third-order valence-electron chi connectivity index (χ3n) is 5.05. The molecular formula is C24H37F2NO6. The first-order valence-electron chi connectivity index (χ1n) is 11.4. The van der Waals surface area contributed by atoms with Crippen molar-refractivity contribution in [2.75, 3.05) is 26.3 Å². The molecule has 9 heteroatoms. The maximum atomic E-state index is 13.0. The fraction of sp³-hybridized carbons (Fsp3) is 0.667. The van der Waals surface area contributed by atoms with Crippen molar-refractivity contribution in [1.82, 2.24) is 4.90 Å². The van der Waals surface area contributed by atoms with E-state index >= 15 is 0 Å². The summed E-state index contributed by atoms with van der Waals surface area (Å²) in [6.07, 6.45) is -0.181. The molecule has 0 aliphatic heterocycles. The third kappa shape index (κ3) is 12.4. The fourth-order valence-corrected chi connectivity index (χ4v) is 2.99. The molecule has 0 spiro atoms. The zero-order chi connectivity index (χ0) is 24.9. The minimum absolute atomic E-state index is 0.204. The normalized spacial score (nSPS) is 13.3. The van der Waals surface area contributed by atoms with E-state index in [0.29, 0.717) is 38.2 Å². The summed E-state index contributed by atoms with van der Waals surface area (Å²) in [5.41, 5.74) is 0.801. The van der Waals surface area contributed by atoms with Gasteiger partial charge in [-0.25, -0.2) is 18.4 Å². The number of rotatable bonds is 16. The summed E-state index contributed by atoms with van der Waals surface area (Å²) in [4.78, 5) is 25.1. The molecule has 0 aliphatic carbocycles. The summed E-state index contributed by atoms with van der Waals surface area (Å²) in [5, 5.41) is 9.19. The van der Waals surface area contributed by atoms with Crippen LogP contribution in [0.2, 0.25) is 0 Å². The number of carbonyl (C=O) groups excluding carboxylic acids is 1. The molecular weight excluding hydrogens is 436 g/mol. The molecule has 0 aliphatic rings. The van der Waals surface area contributed by atoms with E-state index in [9.17, 15) is 23.5 Å². The molecule has 1 N–H and O–H groups in total. The summed E-state index contributed by atoms with van der Waals surface area (Å²) in [6.45, 7) is 7.42. The van der Waals surface area contributed by atoms with Crippen molar-refractivity contribution >= 4 is 12.1 Å². The van der Waals surface area contributed by atoms with Crippen LogP contribution in [0.4, 0.5) is 13.6 Å². The number of halogens is 2. The van der Waals surface area contributed by atoms with Crippen molar-refractivity contribution in [2.24, 2.45) is 0 Å². The van der Waals surface area contributed by atoms with Crippen LogP contribution in [0, 0.1) is 0 Å². The second-order valence-corrected chi connectivity index (χ2v) is 8.10. The topological polar surface area (TPSA) is 85.3 Å². The van der Waals surface area contributed by atoms with Crippen LogP contribution in [0.5, 0.6) is 5.75 Å². The highest BCUT2D eigenvalue weighted by molar-refractivity contribution is 5.72. The Balaban J connectivity index is 2.59.